The molecule has 0 spiro atoms. The van der Waals surface area contributed by atoms with Gasteiger partial charge in [0.1, 0.15) is 0 Å². The van der Waals surface area contributed by atoms with Crippen LogP contribution < -0.4 is 5.32 Å². The second kappa shape index (κ2) is 6.58. The molecule has 3 rings (SSSR count). The van der Waals surface area contributed by atoms with Gasteiger partial charge >= 0.3 is 0 Å². The average Bonchev–Trinajstić information content (AvgIpc) is 3.12. The summed E-state index contributed by atoms with van der Waals surface area (Å²) in [6.07, 6.45) is 5.31. The van der Waals surface area contributed by atoms with Crippen LogP contribution in [0.5, 0.6) is 0 Å². The molecule has 2 fully saturated rings. The van der Waals surface area contributed by atoms with Gasteiger partial charge in [0, 0.05) is 7.11 Å². The normalized spacial score (nSPS) is 29.3. The van der Waals surface area contributed by atoms with Crippen molar-refractivity contribution in [1.29, 1.82) is 0 Å². The summed E-state index contributed by atoms with van der Waals surface area (Å²) in [5.41, 5.74) is 1.29. The van der Waals surface area contributed by atoms with Gasteiger partial charge in [0.2, 0.25) is 5.91 Å². The molecule has 1 aromatic carbocycles. The highest BCUT2D eigenvalue weighted by Gasteiger charge is 2.40. The van der Waals surface area contributed by atoms with Gasteiger partial charge in [-0.15, -0.1) is 0 Å². The summed E-state index contributed by atoms with van der Waals surface area (Å²) < 4.78 is 5.53. The molecule has 1 aromatic rings. The fourth-order valence-electron chi connectivity index (χ4n) is 3.57. The number of nitrogens with one attached hydrogen (secondary N) is 1. The van der Waals surface area contributed by atoms with Crippen molar-refractivity contribution >= 4 is 5.91 Å². The fourth-order valence-corrected chi connectivity index (χ4v) is 3.57. The van der Waals surface area contributed by atoms with Crippen LogP contribution in [0.15, 0.2) is 30.3 Å². The number of hydrogen-bond donors (Lipinski definition) is 1. The van der Waals surface area contributed by atoms with Gasteiger partial charge in [-0.05, 0) is 37.7 Å². The van der Waals surface area contributed by atoms with Gasteiger partial charge in [-0.3, -0.25) is 10.1 Å². The van der Waals surface area contributed by atoms with Crippen molar-refractivity contribution in [2.75, 3.05) is 13.8 Å². The molecule has 3 atom stereocenters. The largest absolute Gasteiger partial charge is 0.379 e. The van der Waals surface area contributed by atoms with Crippen LogP contribution in [-0.4, -0.2) is 42.8 Å². The molecule has 1 N–H and O–H groups in total. The number of methoxy groups -OCH3 is 1. The predicted molar refractivity (Wildman–Crippen MR) is 81.8 cm³/mol. The molecule has 1 saturated heterocycles. The van der Waals surface area contributed by atoms with E-state index in [9.17, 15) is 4.79 Å². The Morgan fingerprint density at radius 2 is 2.10 bits per heavy atom. The molecular formula is C17H24N2O2. The first kappa shape index (κ1) is 14.5. The molecule has 2 aliphatic rings. The van der Waals surface area contributed by atoms with Crippen LogP contribution in [0.4, 0.5) is 0 Å². The van der Waals surface area contributed by atoms with E-state index in [4.69, 9.17) is 4.74 Å². The molecule has 0 bridgehead atoms. The third-order valence-corrected chi connectivity index (χ3v) is 4.77. The molecule has 3 unspecified atom stereocenters. The summed E-state index contributed by atoms with van der Waals surface area (Å²) in [4.78, 5) is 14.6. The zero-order valence-electron chi connectivity index (χ0n) is 12.6. The molecule has 4 nitrogen and oxygen atoms in total. The second-order valence-electron chi connectivity index (χ2n) is 6.02. The van der Waals surface area contributed by atoms with Crippen molar-refractivity contribution in [2.24, 2.45) is 0 Å². The zero-order chi connectivity index (χ0) is 14.7. The monoisotopic (exact) mass is 288 g/mol. The first-order chi connectivity index (χ1) is 10.3. The minimum Gasteiger partial charge on any atom is -0.379 e. The summed E-state index contributed by atoms with van der Waals surface area (Å²) in [5.74, 6) is 0.250. The van der Waals surface area contributed by atoms with E-state index >= 15 is 0 Å². The average molecular weight is 288 g/mol. The lowest BCUT2D eigenvalue weighted by Gasteiger charge is -2.28. The lowest BCUT2D eigenvalue weighted by atomic mass is 10.0. The maximum atomic E-state index is 12.6. The highest BCUT2D eigenvalue weighted by Crippen LogP contribution is 2.28. The van der Waals surface area contributed by atoms with Gasteiger partial charge in [-0.1, -0.05) is 30.3 Å². The molecule has 21 heavy (non-hydrogen) atoms. The smallest absolute Gasteiger partial charge is 0.241 e. The molecule has 0 radical (unpaired) electrons. The molecule has 0 aromatic heterocycles. The number of carbonyl (C=O) groups excluding carboxylic acids is 1. The Hall–Kier alpha value is -1.39. The Morgan fingerprint density at radius 3 is 2.86 bits per heavy atom. The number of hydrogen-bond acceptors (Lipinski definition) is 3. The van der Waals surface area contributed by atoms with E-state index in [1.165, 1.54) is 5.56 Å². The number of rotatable bonds is 5. The minimum atomic E-state index is -0.0386. The SMILES string of the molecule is COC1CCCC1N1CNC(CCc2ccccc2)C1=O. The van der Waals surface area contributed by atoms with E-state index < -0.39 is 0 Å². The predicted octanol–water partition coefficient (Wildman–Crippen LogP) is 1.94. The first-order valence-corrected chi connectivity index (χ1v) is 7.90. The maximum absolute atomic E-state index is 12.6. The number of carbonyl (C=O) groups is 1. The Labute approximate surface area is 126 Å². The number of ether oxygens (including phenoxy) is 1. The van der Waals surface area contributed by atoms with Crippen LogP contribution in [0.2, 0.25) is 0 Å². The molecular weight excluding hydrogens is 264 g/mol. The molecule has 114 valence electrons. The minimum absolute atomic E-state index is 0.0386. The fraction of sp³-hybridized carbons (Fsp3) is 0.588. The van der Waals surface area contributed by atoms with Crippen LogP contribution in [0.1, 0.15) is 31.2 Å². The van der Waals surface area contributed by atoms with Gasteiger partial charge in [-0.25, -0.2) is 0 Å². The standard InChI is InChI=1S/C17H24N2O2/c1-21-16-9-5-8-15(16)19-12-18-14(17(19)20)11-10-13-6-3-2-4-7-13/h2-4,6-7,14-16,18H,5,8-12H2,1H3. The molecule has 1 aliphatic carbocycles. The Bertz CT molecular complexity index is 477. The Morgan fingerprint density at radius 1 is 1.29 bits per heavy atom. The van der Waals surface area contributed by atoms with E-state index in [1.54, 1.807) is 7.11 Å². The Balaban J connectivity index is 1.56. The van der Waals surface area contributed by atoms with Gasteiger partial charge < -0.3 is 9.64 Å². The van der Waals surface area contributed by atoms with E-state index in [-0.39, 0.29) is 24.1 Å². The zero-order valence-corrected chi connectivity index (χ0v) is 12.6. The van der Waals surface area contributed by atoms with Gasteiger partial charge in [0.05, 0.1) is 24.9 Å². The van der Waals surface area contributed by atoms with Crippen LogP contribution in [0.3, 0.4) is 0 Å². The highest BCUT2D eigenvalue weighted by molar-refractivity contribution is 5.84. The van der Waals surface area contributed by atoms with E-state index in [0.717, 1.165) is 32.1 Å². The number of nitrogens with zero attached hydrogens (tertiary/aromatic N) is 1. The maximum Gasteiger partial charge on any atom is 0.241 e. The van der Waals surface area contributed by atoms with Gasteiger partial charge in [-0.2, -0.15) is 0 Å². The summed E-state index contributed by atoms with van der Waals surface area (Å²) in [5, 5.41) is 3.37. The quantitative estimate of drug-likeness (QED) is 0.900. The van der Waals surface area contributed by atoms with Crippen LogP contribution >= 0.6 is 0 Å². The number of amides is 1. The highest BCUT2D eigenvalue weighted by atomic mass is 16.5. The van der Waals surface area contributed by atoms with Crippen LogP contribution in [0.25, 0.3) is 0 Å². The molecule has 1 amide bonds. The molecule has 4 heteroatoms. The third-order valence-electron chi connectivity index (χ3n) is 4.77. The second-order valence-corrected chi connectivity index (χ2v) is 6.02. The summed E-state index contributed by atoms with van der Waals surface area (Å²) >= 11 is 0. The van der Waals surface area contributed by atoms with Gasteiger partial charge in [0.15, 0.2) is 0 Å². The Kier molecular flexibility index (Phi) is 4.56. The van der Waals surface area contributed by atoms with Crippen molar-refractivity contribution in [3.63, 3.8) is 0 Å². The van der Waals surface area contributed by atoms with Crippen molar-refractivity contribution in [2.45, 2.75) is 50.3 Å². The molecule has 1 saturated carbocycles. The topological polar surface area (TPSA) is 41.6 Å². The lowest BCUT2D eigenvalue weighted by molar-refractivity contribution is -0.133. The summed E-state index contributed by atoms with van der Waals surface area (Å²) in [6.45, 7) is 0.669. The van der Waals surface area contributed by atoms with Crippen molar-refractivity contribution in [3.05, 3.63) is 35.9 Å². The number of aryl methyl sites for hydroxylation is 1. The van der Waals surface area contributed by atoms with Crippen molar-refractivity contribution in [3.8, 4) is 0 Å². The van der Waals surface area contributed by atoms with Crippen molar-refractivity contribution < 1.29 is 9.53 Å². The van der Waals surface area contributed by atoms with Crippen molar-refractivity contribution in [1.82, 2.24) is 10.2 Å². The van der Waals surface area contributed by atoms with Gasteiger partial charge in [0.25, 0.3) is 0 Å². The molecule has 1 aliphatic heterocycles. The number of benzene rings is 1. The van der Waals surface area contributed by atoms with E-state index in [0.29, 0.717) is 6.67 Å². The summed E-state index contributed by atoms with van der Waals surface area (Å²) in [7, 11) is 1.75. The van der Waals surface area contributed by atoms with Crippen LogP contribution in [0, 0.1) is 0 Å². The van der Waals surface area contributed by atoms with Crippen LogP contribution in [-0.2, 0) is 16.0 Å². The third kappa shape index (κ3) is 3.11. The van der Waals surface area contributed by atoms with E-state index in [2.05, 4.69) is 17.4 Å². The lowest BCUT2D eigenvalue weighted by Crippen LogP contribution is -2.43. The summed E-state index contributed by atoms with van der Waals surface area (Å²) in [6, 6.07) is 10.6. The van der Waals surface area contributed by atoms with E-state index in [1.807, 2.05) is 23.1 Å². The first-order valence-electron chi connectivity index (χ1n) is 7.90. The molecule has 1 heterocycles.